The van der Waals surface area contributed by atoms with E-state index in [9.17, 15) is 9.59 Å². The number of carbonyl (C=O) groups excluding carboxylic acids is 1. The van der Waals surface area contributed by atoms with Gasteiger partial charge in [0.25, 0.3) is 11.5 Å². The van der Waals surface area contributed by atoms with E-state index in [0.29, 0.717) is 37.4 Å². The average molecular weight is 599 g/mol. The van der Waals surface area contributed by atoms with Gasteiger partial charge in [0, 0.05) is 10.4 Å². The summed E-state index contributed by atoms with van der Waals surface area (Å²) >= 11 is 5.47. The fraction of sp³-hybridized carbons (Fsp3) is 0.238. The van der Waals surface area contributed by atoms with Crippen LogP contribution in [0.3, 0.4) is 0 Å². The molecule has 2 aromatic carbocycles. The maximum absolute atomic E-state index is 13.1. The Bertz CT molecular complexity index is 1240. The molecule has 1 aromatic heterocycles. The number of hydrogen-bond donors (Lipinski definition) is 1. The maximum Gasteiger partial charge on any atom is 0.282 e. The normalized spacial score (nSPS) is 11.4. The van der Waals surface area contributed by atoms with Crippen LogP contribution in [0.15, 0.2) is 44.7 Å². The molecule has 162 valence electrons. The zero-order valence-electron chi connectivity index (χ0n) is 17.1. The van der Waals surface area contributed by atoms with Crippen molar-refractivity contribution in [2.75, 3.05) is 13.7 Å². The third kappa shape index (κ3) is 5.24. The largest absolute Gasteiger partial charge is 0.493 e. The number of benzene rings is 2. The van der Waals surface area contributed by atoms with Gasteiger partial charge in [-0.3, -0.25) is 9.59 Å². The summed E-state index contributed by atoms with van der Waals surface area (Å²) < 4.78 is 13.6. The second kappa shape index (κ2) is 9.77. The molecule has 2 N–H and O–H groups in total. The van der Waals surface area contributed by atoms with Crippen LogP contribution in [0.25, 0.3) is 10.9 Å². The highest BCUT2D eigenvalue weighted by atomic mass is 127. The van der Waals surface area contributed by atoms with Gasteiger partial charge in [0.2, 0.25) is 0 Å². The molecule has 0 atom stereocenters. The standard InChI is InChI=1S/C21H20BrIN4O4/c1-11(2)20-26-16-5-4-13(22)8-14(16)21(29)27(20)25-9-12-6-15(23)19(17(7-12)30-3)31-10-18(24)28/h4-9,11H,10H2,1-3H3,(H2,24,28). The van der Waals surface area contributed by atoms with E-state index >= 15 is 0 Å². The van der Waals surface area contributed by atoms with Crippen molar-refractivity contribution in [3.63, 3.8) is 0 Å². The molecule has 10 heteroatoms. The molecule has 0 aliphatic rings. The Morgan fingerprint density at radius 1 is 1.35 bits per heavy atom. The average Bonchev–Trinajstić information content (AvgIpc) is 2.71. The number of primary amides is 1. The lowest BCUT2D eigenvalue weighted by Gasteiger charge is -2.13. The van der Waals surface area contributed by atoms with E-state index in [1.165, 1.54) is 11.8 Å². The molecule has 0 radical (unpaired) electrons. The van der Waals surface area contributed by atoms with Crippen LogP contribution < -0.4 is 20.8 Å². The lowest BCUT2D eigenvalue weighted by atomic mass is 10.2. The number of methoxy groups -OCH3 is 1. The predicted octanol–water partition coefficient (Wildman–Crippen LogP) is 3.64. The summed E-state index contributed by atoms with van der Waals surface area (Å²) in [7, 11) is 1.50. The van der Waals surface area contributed by atoms with Gasteiger partial charge in [0.05, 0.1) is 27.8 Å². The van der Waals surface area contributed by atoms with E-state index in [4.69, 9.17) is 15.2 Å². The highest BCUT2D eigenvalue weighted by Gasteiger charge is 2.15. The van der Waals surface area contributed by atoms with E-state index in [0.717, 1.165) is 4.47 Å². The second-order valence-electron chi connectivity index (χ2n) is 6.94. The van der Waals surface area contributed by atoms with Gasteiger partial charge in [-0.25, -0.2) is 4.98 Å². The molecule has 0 bridgehead atoms. The topological polar surface area (TPSA) is 109 Å². The number of amides is 1. The Kier molecular flexibility index (Phi) is 7.31. The van der Waals surface area contributed by atoms with Gasteiger partial charge >= 0.3 is 0 Å². The Morgan fingerprint density at radius 2 is 2.10 bits per heavy atom. The fourth-order valence-corrected chi connectivity index (χ4v) is 4.02. The lowest BCUT2D eigenvalue weighted by Crippen LogP contribution is -2.23. The lowest BCUT2D eigenvalue weighted by molar-refractivity contribution is -0.119. The molecular formula is C21H20BrIN4O4. The molecule has 3 rings (SSSR count). The number of ether oxygens (including phenoxy) is 2. The van der Waals surface area contributed by atoms with Gasteiger partial charge in [-0.05, 0) is 58.5 Å². The second-order valence-corrected chi connectivity index (χ2v) is 9.01. The van der Waals surface area contributed by atoms with E-state index < -0.39 is 5.91 Å². The summed E-state index contributed by atoms with van der Waals surface area (Å²) in [6, 6.07) is 8.89. The highest BCUT2D eigenvalue weighted by Crippen LogP contribution is 2.33. The van der Waals surface area contributed by atoms with Gasteiger partial charge in [-0.1, -0.05) is 29.8 Å². The number of halogens is 2. The van der Waals surface area contributed by atoms with E-state index in [1.54, 1.807) is 30.5 Å². The first-order valence-corrected chi connectivity index (χ1v) is 11.1. The number of nitrogens with two attached hydrogens (primary N) is 1. The van der Waals surface area contributed by atoms with Crippen molar-refractivity contribution in [3.8, 4) is 11.5 Å². The van der Waals surface area contributed by atoms with Crippen LogP contribution in [-0.4, -0.2) is 35.5 Å². The molecule has 1 amide bonds. The number of rotatable bonds is 7. The Balaban J connectivity index is 2.07. The molecule has 0 aliphatic carbocycles. The summed E-state index contributed by atoms with van der Waals surface area (Å²) in [5, 5.41) is 4.90. The van der Waals surface area contributed by atoms with Gasteiger partial charge in [-0.15, -0.1) is 0 Å². The van der Waals surface area contributed by atoms with Crippen molar-refractivity contribution < 1.29 is 14.3 Å². The maximum atomic E-state index is 13.1. The molecule has 0 aliphatic heterocycles. The first-order valence-electron chi connectivity index (χ1n) is 9.26. The summed E-state index contributed by atoms with van der Waals surface area (Å²) in [5.41, 5.74) is 6.21. The number of nitrogens with zero attached hydrogens (tertiary/aromatic N) is 3. The van der Waals surface area contributed by atoms with Crippen molar-refractivity contribution in [2.45, 2.75) is 19.8 Å². The minimum absolute atomic E-state index is 0.0165. The molecule has 0 fully saturated rings. The van der Waals surface area contributed by atoms with Gasteiger partial charge in [-0.2, -0.15) is 9.78 Å². The van der Waals surface area contributed by atoms with Crippen LogP contribution in [0.4, 0.5) is 0 Å². The Hall–Kier alpha value is -2.47. The number of fused-ring (bicyclic) bond motifs is 1. The fourth-order valence-electron chi connectivity index (χ4n) is 2.87. The van der Waals surface area contributed by atoms with Crippen molar-refractivity contribution in [1.82, 2.24) is 9.66 Å². The van der Waals surface area contributed by atoms with Crippen molar-refractivity contribution in [1.29, 1.82) is 0 Å². The van der Waals surface area contributed by atoms with Crippen LogP contribution in [0.1, 0.15) is 31.2 Å². The van der Waals surface area contributed by atoms with Crippen LogP contribution >= 0.6 is 38.5 Å². The monoisotopic (exact) mass is 598 g/mol. The third-order valence-corrected chi connectivity index (χ3v) is 5.58. The molecular weight excluding hydrogens is 579 g/mol. The molecule has 1 heterocycles. The zero-order valence-corrected chi connectivity index (χ0v) is 20.8. The summed E-state index contributed by atoms with van der Waals surface area (Å²) in [4.78, 5) is 28.8. The molecule has 31 heavy (non-hydrogen) atoms. The van der Waals surface area contributed by atoms with Crippen molar-refractivity contribution in [3.05, 3.63) is 60.1 Å². The number of aromatic nitrogens is 2. The van der Waals surface area contributed by atoms with E-state index in [-0.39, 0.29) is 18.1 Å². The molecule has 0 saturated carbocycles. The van der Waals surface area contributed by atoms with Gasteiger partial charge in [0.15, 0.2) is 18.1 Å². The first-order chi connectivity index (χ1) is 14.7. The van der Waals surface area contributed by atoms with Crippen LogP contribution in [0.2, 0.25) is 0 Å². The Morgan fingerprint density at radius 3 is 2.74 bits per heavy atom. The SMILES string of the molecule is COc1cc(C=Nn2c(C(C)C)nc3ccc(Br)cc3c2=O)cc(I)c1OCC(N)=O. The quantitative estimate of drug-likeness (QED) is 0.330. The van der Waals surface area contributed by atoms with Crippen LogP contribution in [0, 0.1) is 3.57 Å². The minimum Gasteiger partial charge on any atom is -0.493 e. The molecule has 0 spiro atoms. The minimum atomic E-state index is -0.584. The van der Waals surface area contributed by atoms with Gasteiger partial charge in [0.1, 0.15) is 5.82 Å². The molecule has 8 nitrogen and oxygen atoms in total. The molecule has 0 saturated heterocycles. The van der Waals surface area contributed by atoms with Crippen LogP contribution in [0.5, 0.6) is 11.5 Å². The summed E-state index contributed by atoms with van der Waals surface area (Å²) in [6.45, 7) is 3.65. The predicted molar refractivity (Wildman–Crippen MR) is 131 cm³/mol. The summed E-state index contributed by atoms with van der Waals surface area (Å²) in [6.07, 6.45) is 1.56. The van der Waals surface area contributed by atoms with Crippen LogP contribution in [-0.2, 0) is 4.79 Å². The van der Waals surface area contributed by atoms with Gasteiger partial charge < -0.3 is 15.2 Å². The van der Waals surface area contributed by atoms with Crippen molar-refractivity contribution in [2.24, 2.45) is 10.8 Å². The first kappa shape index (κ1) is 23.2. The molecule has 3 aromatic rings. The van der Waals surface area contributed by atoms with E-state index in [1.807, 2.05) is 19.9 Å². The number of carbonyl (C=O) groups is 1. The van der Waals surface area contributed by atoms with Crippen molar-refractivity contribution >= 4 is 61.5 Å². The summed E-state index contributed by atoms with van der Waals surface area (Å²) in [5.74, 6) is 0.790. The zero-order chi connectivity index (χ0) is 22.7. The smallest absolute Gasteiger partial charge is 0.282 e. The Labute approximate surface area is 200 Å². The number of hydrogen-bond acceptors (Lipinski definition) is 6. The third-order valence-electron chi connectivity index (χ3n) is 4.28. The highest BCUT2D eigenvalue weighted by molar-refractivity contribution is 14.1. The van der Waals surface area contributed by atoms with E-state index in [2.05, 4.69) is 48.6 Å². The molecule has 0 unspecified atom stereocenters.